The number of hydrogen-bond donors (Lipinski definition) is 1. The molecule has 0 aromatic heterocycles. The summed E-state index contributed by atoms with van der Waals surface area (Å²) in [5.74, 6) is 1.69. The van der Waals surface area contributed by atoms with Crippen LogP contribution in [0.4, 0.5) is 0 Å². The Labute approximate surface area is 199 Å². The molecular weight excluding hydrogens is 416 g/mol. The number of ether oxygens (including phenoxy) is 2. The number of para-hydroxylation sites is 2. The van der Waals surface area contributed by atoms with Crippen molar-refractivity contribution in [2.75, 3.05) is 13.1 Å². The Hall–Kier alpha value is -2.27. The maximum absolute atomic E-state index is 6.01. The number of rotatable bonds is 12. The number of hydrogen-bond acceptors (Lipinski definition) is 5. The third-order valence-electron chi connectivity index (χ3n) is 4.40. The first kappa shape index (κ1) is 26.0. The molecule has 174 valence electrons. The molecule has 0 amide bonds. The largest absolute Gasteiger partial charge is 0.487 e. The van der Waals surface area contributed by atoms with E-state index in [1.165, 1.54) is 0 Å². The standard InChI is InChI=1S/C27H38N2O2S/c1-26(2,3)30-24-16-10-8-14-22(24)20-28-18-12-6-7-13-19-29-21-23-15-9-11-17-25(23)31-27(4,5)32/h8-11,14-17,20-21,32H,6-7,12-13,18-19H2,1-5H3/b28-20+,29-21+. The second kappa shape index (κ2) is 12.7. The zero-order valence-corrected chi connectivity index (χ0v) is 21.1. The molecule has 0 bridgehead atoms. The van der Waals surface area contributed by atoms with Crippen molar-refractivity contribution in [3.05, 3.63) is 59.7 Å². The van der Waals surface area contributed by atoms with Gasteiger partial charge >= 0.3 is 0 Å². The van der Waals surface area contributed by atoms with Gasteiger partial charge < -0.3 is 9.47 Å². The molecule has 4 nitrogen and oxygen atoms in total. The maximum atomic E-state index is 6.01. The molecule has 2 aromatic rings. The Balaban J connectivity index is 1.67. The lowest BCUT2D eigenvalue weighted by molar-refractivity contribution is 0.130. The van der Waals surface area contributed by atoms with Crippen LogP contribution < -0.4 is 9.47 Å². The molecule has 5 heteroatoms. The summed E-state index contributed by atoms with van der Waals surface area (Å²) in [5, 5.41) is 0. The van der Waals surface area contributed by atoms with Gasteiger partial charge in [-0.1, -0.05) is 37.1 Å². The Morgan fingerprint density at radius 1 is 0.688 bits per heavy atom. The van der Waals surface area contributed by atoms with Gasteiger partial charge in [-0.3, -0.25) is 9.98 Å². The highest BCUT2D eigenvalue weighted by Crippen LogP contribution is 2.24. The molecule has 0 saturated carbocycles. The van der Waals surface area contributed by atoms with E-state index in [1.807, 2.05) is 74.8 Å². The molecule has 0 radical (unpaired) electrons. The second-order valence-corrected chi connectivity index (χ2v) is 10.4. The highest BCUT2D eigenvalue weighted by atomic mass is 32.1. The summed E-state index contributed by atoms with van der Waals surface area (Å²) in [6, 6.07) is 16.0. The predicted octanol–water partition coefficient (Wildman–Crippen LogP) is 7.01. The Kier molecular flexibility index (Phi) is 10.3. The molecule has 0 aliphatic rings. The Morgan fingerprint density at radius 2 is 1.12 bits per heavy atom. The minimum Gasteiger partial charge on any atom is -0.487 e. The van der Waals surface area contributed by atoms with Gasteiger partial charge in [0.2, 0.25) is 0 Å². The van der Waals surface area contributed by atoms with E-state index in [0.717, 1.165) is 61.4 Å². The number of unbranched alkanes of at least 4 members (excludes halogenated alkanes) is 3. The molecule has 0 N–H and O–H groups in total. The van der Waals surface area contributed by atoms with Gasteiger partial charge in [0.15, 0.2) is 0 Å². The fourth-order valence-electron chi connectivity index (χ4n) is 3.04. The molecule has 0 heterocycles. The van der Waals surface area contributed by atoms with Gasteiger partial charge in [-0.15, -0.1) is 12.6 Å². The fourth-order valence-corrected chi connectivity index (χ4v) is 3.14. The molecular formula is C27H38N2O2S. The monoisotopic (exact) mass is 454 g/mol. The quantitative estimate of drug-likeness (QED) is 0.162. The minimum atomic E-state index is -0.520. The third kappa shape index (κ3) is 10.9. The van der Waals surface area contributed by atoms with Crippen LogP contribution in [-0.4, -0.2) is 36.1 Å². The third-order valence-corrected chi connectivity index (χ3v) is 4.49. The first-order valence-electron chi connectivity index (χ1n) is 11.4. The van der Waals surface area contributed by atoms with Gasteiger partial charge in [0.1, 0.15) is 22.0 Å². The van der Waals surface area contributed by atoms with Crippen LogP contribution >= 0.6 is 12.6 Å². The summed E-state index contributed by atoms with van der Waals surface area (Å²) in [7, 11) is 0. The second-order valence-electron chi connectivity index (χ2n) is 9.32. The Morgan fingerprint density at radius 3 is 1.56 bits per heavy atom. The summed E-state index contributed by atoms with van der Waals surface area (Å²) >= 11 is 4.44. The van der Waals surface area contributed by atoms with Crippen molar-refractivity contribution >= 4 is 25.1 Å². The van der Waals surface area contributed by atoms with Gasteiger partial charge in [0.05, 0.1) is 0 Å². The number of thiol groups is 1. The summed E-state index contributed by atoms with van der Waals surface area (Å²) in [4.78, 5) is 8.64. The van der Waals surface area contributed by atoms with Crippen LogP contribution in [0.15, 0.2) is 58.5 Å². The maximum Gasteiger partial charge on any atom is 0.146 e. The van der Waals surface area contributed by atoms with Gasteiger partial charge in [-0.05, 0) is 71.7 Å². The first-order valence-corrected chi connectivity index (χ1v) is 11.9. The van der Waals surface area contributed by atoms with Crippen molar-refractivity contribution in [3.63, 3.8) is 0 Å². The number of benzene rings is 2. The molecule has 0 spiro atoms. The molecule has 2 rings (SSSR count). The molecule has 0 aliphatic heterocycles. The molecule has 0 fully saturated rings. The summed E-state index contributed by atoms with van der Waals surface area (Å²) in [6.07, 6.45) is 8.28. The normalized spacial score (nSPS) is 12.6. The van der Waals surface area contributed by atoms with Gasteiger partial charge in [0.25, 0.3) is 0 Å². The molecule has 0 atom stereocenters. The van der Waals surface area contributed by atoms with Crippen molar-refractivity contribution in [1.82, 2.24) is 0 Å². The van der Waals surface area contributed by atoms with Crippen molar-refractivity contribution in [2.24, 2.45) is 9.98 Å². The van der Waals surface area contributed by atoms with Gasteiger partial charge in [0, 0.05) is 36.6 Å². The number of nitrogens with zero attached hydrogens (tertiary/aromatic N) is 2. The average molecular weight is 455 g/mol. The van der Waals surface area contributed by atoms with E-state index >= 15 is 0 Å². The first-order chi connectivity index (χ1) is 15.1. The van der Waals surface area contributed by atoms with E-state index in [2.05, 4.69) is 43.4 Å². The van der Waals surface area contributed by atoms with E-state index in [4.69, 9.17) is 9.47 Å². The van der Waals surface area contributed by atoms with Crippen molar-refractivity contribution < 1.29 is 9.47 Å². The van der Waals surface area contributed by atoms with E-state index in [9.17, 15) is 0 Å². The van der Waals surface area contributed by atoms with Crippen molar-refractivity contribution in [1.29, 1.82) is 0 Å². The highest BCUT2D eigenvalue weighted by molar-refractivity contribution is 7.81. The van der Waals surface area contributed by atoms with E-state index in [1.54, 1.807) is 0 Å². The van der Waals surface area contributed by atoms with Crippen LogP contribution in [0.1, 0.15) is 71.4 Å². The SMILES string of the molecule is CC(C)(C)Oc1ccccc1/C=N/CCCCCC/N=C/c1ccccc1OC(C)(C)S. The minimum absolute atomic E-state index is 0.218. The highest BCUT2D eigenvalue weighted by Gasteiger charge is 2.15. The smallest absolute Gasteiger partial charge is 0.146 e. The molecule has 2 aromatic carbocycles. The fraction of sp³-hybridized carbons (Fsp3) is 0.481. The Bertz CT molecular complexity index is 806. The van der Waals surface area contributed by atoms with Gasteiger partial charge in [-0.2, -0.15) is 0 Å². The van der Waals surface area contributed by atoms with Gasteiger partial charge in [-0.25, -0.2) is 0 Å². The van der Waals surface area contributed by atoms with E-state index < -0.39 is 4.93 Å². The predicted molar refractivity (Wildman–Crippen MR) is 140 cm³/mol. The lowest BCUT2D eigenvalue weighted by Crippen LogP contribution is -2.23. The van der Waals surface area contributed by atoms with Crippen molar-refractivity contribution in [3.8, 4) is 11.5 Å². The zero-order chi connectivity index (χ0) is 23.5. The zero-order valence-electron chi connectivity index (χ0n) is 20.2. The van der Waals surface area contributed by atoms with Crippen LogP contribution in [0.3, 0.4) is 0 Å². The number of aliphatic imine (C=N–C) groups is 2. The van der Waals surface area contributed by atoms with Crippen LogP contribution in [0.2, 0.25) is 0 Å². The molecule has 0 aliphatic carbocycles. The molecule has 32 heavy (non-hydrogen) atoms. The summed E-state index contributed by atoms with van der Waals surface area (Å²) in [6.45, 7) is 11.7. The lowest BCUT2D eigenvalue weighted by Gasteiger charge is -2.22. The van der Waals surface area contributed by atoms with E-state index in [0.29, 0.717) is 0 Å². The summed E-state index contributed by atoms with van der Waals surface area (Å²) < 4.78 is 11.9. The molecule has 0 saturated heterocycles. The average Bonchev–Trinajstić information content (AvgIpc) is 2.69. The lowest BCUT2D eigenvalue weighted by atomic mass is 10.1. The topological polar surface area (TPSA) is 43.2 Å². The van der Waals surface area contributed by atoms with Crippen LogP contribution in [0.25, 0.3) is 0 Å². The van der Waals surface area contributed by atoms with Crippen LogP contribution in [-0.2, 0) is 0 Å². The van der Waals surface area contributed by atoms with Crippen LogP contribution in [0, 0.1) is 0 Å². The van der Waals surface area contributed by atoms with Crippen LogP contribution in [0.5, 0.6) is 11.5 Å². The molecule has 0 unspecified atom stereocenters. The van der Waals surface area contributed by atoms with E-state index in [-0.39, 0.29) is 5.60 Å². The summed E-state index contributed by atoms with van der Waals surface area (Å²) in [5.41, 5.74) is 1.80. The van der Waals surface area contributed by atoms with Crippen molar-refractivity contribution in [2.45, 2.75) is 70.8 Å².